The van der Waals surface area contributed by atoms with Crippen LogP contribution in [0.1, 0.15) is 27.4 Å². The van der Waals surface area contributed by atoms with Crippen molar-refractivity contribution in [2.45, 2.75) is 13.8 Å². The molecule has 0 saturated carbocycles. The highest BCUT2D eigenvalue weighted by atomic mass is 16.4. The van der Waals surface area contributed by atoms with Crippen LogP contribution in [0.15, 0.2) is 36.4 Å². The third-order valence-corrected chi connectivity index (χ3v) is 4.44. The average Bonchev–Trinajstić information content (AvgIpc) is 2.66. The minimum atomic E-state index is -0.964. The summed E-state index contributed by atoms with van der Waals surface area (Å²) in [4.78, 5) is 36.0. The molecule has 0 unspecified atom stereocenters. The molecule has 1 aromatic carbocycles. The molecule has 1 fully saturated rings. The Balaban J connectivity index is 1.57. The summed E-state index contributed by atoms with van der Waals surface area (Å²) in [6, 6.07) is 8.38. The van der Waals surface area contributed by atoms with Crippen LogP contribution in [0.5, 0.6) is 0 Å². The second kappa shape index (κ2) is 7.99. The number of carboxylic acid groups (broad SMARTS) is 1. The van der Waals surface area contributed by atoms with Crippen LogP contribution in [-0.4, -0.2) is 58.0 Å². The zero-order valence-corrected chi connectivity index (χ0v) is 15.4. The van der Waals surface area contributed by atoms with Crippen molar-refractivity contribution in [3.05, 3.63) is 59.1 Å². The summed E-state index contributed by atoms with van der Waals surface area (Å²) in [5.41, 5.74) is 1.96. The van der Waals surface area contributed by atoms with E-state index in [4.69, 9.17) is 5.11 Å². The highest BCUT2D eigenvalue weighted by Crippen LogP contribution is 2.15. The minimum absolute atomic E-state index is 0.0491. The molecular formula is C20H22N4O3. The molecule has 27 heavy (non-hydrogen) atoms. The molecule has 1 aromatic heterocycles. The lowest BCUT2D eigenvalue weighted by Gasteiger charge is -2.35. The highest BCUT2D eigenvalue weighted by Gasteiger charge is 2.21. The van der Waals surface area contributed by atoms with Gasteiger partial charge >= 0.3 is 5.97 Å². The smallest absolute Gasteiger partial charge is 0.335 e. The summed E-state index contributed by atoms with van der Waals surface area (Å²) >= 11 is 0. The van der Waals surface area contributed by atoms with Crippen molar-refractivity contribution in [1.82, 2.24) is 14.9 Å². The van der Waals surface area contributed by atoms with Crippen molar-refractivity contribution in [3.63, 3.8) is 0 Å². The van der Waals surface area contributed by atoms with E-state index in [0.717, 1.165) is 36.0 Å². The van der Waals surface area contributed by atoms with Crippen LogP contribution in [0.3, 0.4) is 0 Å². The number of carbonyl (C=O) groups excluding carboxylic acids is 1. The van der Waals surface area contributed by atoms with Gasteiger partial charge in [-0.2, -0.15) is 0 Å². The number of carbonyl (C=O) groups is 2. The largest absolute Gasteiger partial charge is 0.478 e. The zero-order valence-electron chi connectivity index (χ0n) is 15.4. The van der Waals surface area contributed by atoms with Crippen LogP contribution in [-0.2, 0) is 4.79 Å². The van der Waals surface area contributed by atoms with E-state index in [1.807, 2.05) is 19.9 Å². The van der Waals surface area contributed by atoms with Gasteiger partial charge in [0, 0.05) is 44.0 Å². The lowest BCUT2D eigenvalue weighted by molar-refractivity contribution is -0.126. The molecule has 1 amide bonds. The molecule has 1 saturated heterocycles. The number of hydrogen-bond acceptors (Lipinski definition) is 5. The maximum Gasteiger partial charge on any atom is 0.335 e. The van der Waals surface area contributed by atoms with E-state index in [0.29, 0.717) is 13.1 Å². The number of carboxylic acids is 1. The van der Waals surface area contributed by atoms with Gasteiger partial charge < -0.3 is 14.9 Å². The van der Waals surface area contributed by atoms with Gasteiger partial charge in [0.25, 0.3) is 0 Å². The van der Waals surface area contributed by atoms with E-state index in [-0.39, 0.29) is 11.5 Å². The Hall–Kier alpha value is -3.22. The van der Waals surface area contributed by atoms with Crippen LogP contribution in [0, 0.1) is 13.8 Å². The number of benzene rings is 1. The molecule has 1 aliphatic heterocycles. The second-order valence-electron chi connectivity index (χ2n) is 6.49. The van der Waals surface area contributed by atoms with Gasteiger partial charge in [-0.15, -0.1) is 0 Å². The number of rotatable bonds is 4. The van der Waals surface area contributed by atoms with Crippen LogP contribution in [0.2, 0.25) is 0 Å². The Bertz CT molecular complexity index is 849. The standard InChI is InChI=1S/C20H22N4O3/c1-14-13-18(22-15(2)21-14)23-9-11-24(12-10-23)19(25)8-5-16-3-6-17(7-4-16)20(26)27/h3-8,13H,9-12H2,1-2H3,(H,26,27). The van der Waals surface area contributed by atoms with Gasteiger partial charge in [-0.3, -0.25) is 4.79 Å². The van der Waals surface area contributed by atoms with Crippen molar-refractivity contribution in [2.75, 3.05) is 31.1 Å². The number of anilines is 1. The third-order valence-electron chi connectivity index (χ3n) is 4.44. The van der Waals surface area contributed by atoms with Gasteiger partial charge in [0.2, 0.25) is 5.91 Å². The van der Waals surface area contributed by atoms with Crippen LogP contribution < -0.4 is 4.90 Å². The quantitative estimate of drug-likeness (QED) is 0.835. The highest BCUT2D eigenvalue weighted by molar-refractivity contribution is 5.92. The van der Waals surface area contributed by atoms with Crippen LogP contribution in [0.25, 0.3) is 6.08 Å². The molecule has 140 valence electrons. The Morgan fingerprint density at radius 1 is 1.04 bits per heavy atom. The molecule has 0 aliphatic carbocycles. The Kier molecular flexibility index (Phi) is 5.49. The van der Waals surface area contributed by atoms with E-state index < -0.39 is 5.97 Å². The van der Waals surface area contributed by atoms with E-state index in [1.165, 1.54) is 18.2 Å². The molecule has 7 nitrogen and oxygen atoms in total. The number of nitrogens with zero attached hydrogens (tertiary/aromatic N) is 4. The molecule has 1 N–H and O–H groups in total. The average molecular weight is 366 g/mol. The van der Waals surface area contributed by atoms with Crippen LogP contribution in [0.4, 0.5) is 5.82 Å². The summed E-state index contributed by atoms with van der Waals surface area (Å²) in [6.07, 6.45) is 3.24. The molecule has 2 aromatic rings. The van der Waals surface area contributed by atoms with E-state index in [9.17, 15) is 9.59 Å². The van der Waals surface area contributed by atoms with Crippen LogP contribution >= 0.6 is 0 Å². The fourth-order valence-corrected chi connectivity index (χ4v) is 3.03. The first-order valence-electron chi connectivity index (χ1n) is 8.80. The molecule has 3 rings (SSSR count). The predicted octanol–water partition coefficient (Wildman–Crippen LogP) is 2.15. The lowest BCUT2D eigenvalue weighted by atomic mass is 10.1. The SMILES string of the molecule is Cc1cc(N2CCN(C(=O)C=Cc3ccc(C(=O)O)cc3)CC2)nc(C)n1. The number of aromatic carboxylic acids is 1. The van der Waals surface area contributed by atoms with Gasteiger partial charge in [0.1, 0.15) is 11.6 Å². The number of piperazine rings is 1. The topological polar surface area (TPSA) is 86.6 Å². The molecule has 1 aliphatic rings. The van der Waals surface area contributed by atoms with Crippen molar-refractivity contribution >= 4 is 23.8 Å². The van der Waals surface area contributed by atoms with Crippen molar-refractivity contribution in [3.8, 4) is 0 Å². The van der Waals surface area contributed by atoms with Gasteiger partial charge in [0.15, 0.2) is 0 Å². The van der Waals surface area contributed by atoms with Crippen molar-refractivity contribution in [2.24, 2.45) is 0 Å². The number of aryl methyl sites for hydroxylation is 2. The minimum Gasteiger partial charge on any atom is -0.478 e. The number of aromatic nitrogens is 2. The summed E-state index contributed by atoms with van der Waals surface area (Å²) in [5, 5.41) is 8.91. The molecule has 7 heteroatoms. The molecule has 0 atom stereocenters. The molecule has 0 spiro atoms. The fourth-order valence-electron chi connectivity index (χ4n) is 3.03. The van der Waals surface area contributed by atoms with E-state index in [2.05, 4.69) is 14.9 Å². The van der Waals surface area contributed by atoms with Gasteiger partial charge in [-0.05, 0) is 37.6 Å². The summed E-state index contributed by atoms with van der Waals surface area (Å²) < 4.78 is 0. The second-order valence-corrected chi connectivity index (χ2v) is 6.49. The first-order chi connectivity index (χ1) is 12.9. The molecule has 0 bridgehead atoms. The maximum absolute atomic E-state index is 12.4. The predicted molar refractivity (Wildman–Crippen MR) is 103 cm³/mol. The monoisotopic (exact) mass is 366 g/mol. The van der Waals surface area contributed by atoms with E-state index in [1.54, 1.807) is 23.1 Å². The number of amides is 1. The molecular weight excluding hydrogens is 344 g/mol. The van der Waals surface area contributed by atoms with Gasteiger partial charge in [-0.25, -0.2) is 14.8 Å². The maximum atomic E-state index is 12.4. The molecule has 2 heterocycles. The Morgan fingerprint density at radius 3 is 2.30 bits per heavy atom. The number of hydrogen-bond donors (Lipinski definition) is 1. The summed E-state index contributed by atoms with van der Waals surface area (Å²) in [7, 11) is 0. The van der Waals surface area contributed by atoms with Crippen molar-refractivity contribution in [1.29, 1.82) is 0 Å². The Labute approximate surface area is 158 Å². The molecule has 0 radical (unpaired) electrons. The Morgan fingerprint density at radius 2 is 1.70 bits per heavy atom. The summed E-state index contributed by atoms with van der Waals surface area (Å²) in [6.45, 7) is 6.54. The normalized spacial score (nSPS) is 14.6. The first kappa shape index (κ1) is 18.6. The van der Waals surface area contributed by atoms with Gasteiger partial charge in [0.05, 0.1) is 5.56 Å². The summed E-state index contributed by atoms with van der Waals surface area (Å²) in [5.74, 6) is 0.641. The lowest BCUT2D eigenvalue weighted by Crippen LogP contribution is -2.48. The van der Waals surface area contributed by atoms with Gasteiger partial charge in [-0.1, -0.05) is 12.1 Å². The third kappa shape index (κ3) is 4.69. The first-order valence-corrected chi connectivity index (χ1v) is 8.80. The fraction of sp³-hybridized carbons (Fsp3) is 0.300. The van der Waals surface area contributed by atoms with Crippen molar-refractivity contribution < 1.29 is 14.7 Å². The zero-order chi connectivity index (χ0) is 19.4. The van der Waals surface area contributed by atoms with E-state index >= 15 is 0 Å².